The summed E-state index contributed by atoms with van der Waals surface area (Å²) in [6.45, 7) is 4.03. The second-order valence-corrected chi connectivity index (χ2v) is 5.87. The first-order chi connectivity index (χ1) is 10.1. The van der Waals surface area contributed by atoms with Crippen LogP contribution in [0.2, 0.25) is 0 Å². The zero-order valence-electron chi connectivity index (χ0n) is 12.3. The van der Waals surface area contributed by atoms with Crippen molar-refractivity contribution in [2.24, 2.45) is 5.73 Å². The Bertz CT molecular complexity index is 696. The van der Waals surface area contributed by atoms with Crippen molar-refractivity contribution in [1.82, 2.24) is 0 Å². The molecule has 0 spiro atoms. The SMILES string of the molecule is Cc1cc(N2CCN(C)c3ccccc32)ccc1C(N)=S. The third-order valence-corrected chi connectivity index (χ3v) is 4.25. The van der Waals surface area contributed by atoms with E-state index in [0.717, 1.165) is 24.2 Å². The van der Waals surface area contributed by atoms with E-state index in [0.29, 0.717) is 4.99 Å². The molecule has 1 aliphatic heterocycles. The number of anilines is 3. The number of para-hydroxylation sites is 2. The third kappa shape index (κ3) is 2.47. The summed E-state index contributed by atoms with van der Waals surface area (Å²) in [5.74, 6) is 0. The van der Waals surface area contributed by atoms with Gasteiger partial charge in [0.05, 0.1) is 11.4 Å². The van der Waals surface area contributed by atoms with Crippen molar-refractivity contribution in [1.29, 1.82) is 0 Å². The third-order valence-electron chi connectivity index (χ3n) is 4.03. The van der Waals surface area contributed by atoms with E-state index in [1.807, 2.05) is 6.07 Å². The summed E-state index contributed by atoms with van der Waals surface area (Å²) in [5, 5.41) is 0. The number of hydrogen-bond acceptors (Lipinski definition) is 3. The highest BCUT2D eigenvalue weighted by Gasteiger charge is 2.21. The molecule has 108 valence electrons. The van der Waals surface area contributed by atoms with Gasteiger partial charge in [-0.05, 0) is 42.8 Å². The van der Waals surface area contributed by atoms with Crippen LogP contribution in [0.5, 0.6) is 0 Å². The summed E-state index contributed by atoms with van der Waals surface area (Å²) in [6, 6.07) is 14.8. The minimum Gasteiger partial charge on any atom is -0.389 e. The van der Waals surface area contributed by atoms with Gasteiger partial charge < -0.3 is 15.5 Å². The lowest BCUT2D eigenvalue weighted by atomic mass is 10.1. The Morgan fingerprint density at radius 3 is 2.48 bits per heavy atom. The molecule has 2 aromatic carbocycles. The van der Waals surface area contributed by atoms with Crippen LogP contribution in [0.4, 0.5) is 17.1 Å². The minimum atomic E-state index is 0.456. The van der Waals surface area contributed by atoms with Gasteiger partial charge in [0, 0.05) is 31.4 Å². The molecular formula is C17H19N3S. The highest BCUT2D eigenvalue weighted by atomic mass is 32.1. The summed E-state index contributed by atoms with van der Waals surface area (Å²) >= 11 is 5.09. The van der Waals surface area contributed by atoms with Crippen LogP contribution < -0.4 is 15.5 Å². The van der Waals surface area contributed by atoms with Gasteiger partial charge in [0.25, 0.3) is 0 Å². The Labute approximate surface area is 131 Å². The van der Waals surface area contributed by atoms with Crippen molar-refractivity contribution >= 4 is 34.3 Å². The van der Waals surface area contributed by atoms with Crippen molar-refractivity contribution in [2.45, 2.75) is 6.92 Å². The molecule has 0 saturated carbocycles. The van der Waals surface area contributed by atoms with Gasteiger partial charge >= 0.3 is 0 Å². The Morgan fingerprint density at radius 2 is 1.81 bits per heavy atom. The molecule has 0 amide bonds. The maximum atomic E-state index is 5.75. The van der Waals surface area contributed by atoms with Gasteiger partial charge in [-0.3, -0.25) is 0 Å². The largest absolute Gasteiger partial charge is 0.389 e. The van der Waals surface area contributed by atoms with Gasteiger partial charge in [-0.1, -0.05) is 24.4 Å². The van der Waals surface area contributed by atoms with Crippen LogP contribution in [-0.4, -0.2) is 25.1 Å². The summed E-state index contributed by atoms with van der Waals surface area (Å²) in [4.78, 5) is 5.10. The summed E-state index contributed by atoms with van der Waals surface area (Å²) in [6.07, 6.45) is 0. The quantitative estimate of drug-likeness (QED) is 0.863. The van der Waals surface area contributed by atoms with Crippen LogP contribution in [0.1, 0.15) is 11.1 Å². The first kappa shape index (κ1) is 13.9. The molecule has 0 unspecified atom stereocenters. The van der Waals surface area contributed by atoms with E-state index < -0.39 is 0 Å². The number of likely N-dealkylation sites (N-methyl/N-ethyl adjacent to an activating group) is 1. The van der Waals surface area contributed by atoms with Gasteiger partial charge in [0.1, 0.15) is 4.99 Å². The molecule has 2 aromatic rings. The fraction of sp³-hybridized carbons (Fsp3) is 0.235. The summed E-state index contributed by atoms with van der Waals surface area (Å²) < 4.78 is 0. The van der Waals surface area contributed by atoms with Crippen LogP contribution in [0, 0.1) is 6.92 Å². The van der Waals surface area contributed by atoms with Crippen LogP contribution in [0.3, 0.4) is 0 Å². The molecule has 1 heterocycles. The van der Waals surface area contributed by atoms with Crippen molar-refractivity contribution in [3.8, 4) is 0 Å². The second kappa shape index (κ2) is 5.37. The van der Waals surface area contributed by atoms with Crippen LogP contribution >= 0.6 is 12.2 Å². The van der Waals surface area contributed by atoms with E-state index in [2.05, 4.69) is 60.2 Å². The fourth-order valence-electron chi connectivity index (χ4n) is 2.87. The molecule has 0 radical (unpaired) electrons. The highest BCUT2D eigenvalue weighted by molar-refractivity contribution is 7.80. The predicted octanol–water partition coefficient (Wildman–Crippen LogP) is 3.22. The topological polar surface area (TPSA) is 32.5 Å². The Kier molecular flexibility index (Phi) is 3.55. The summed E-state index contributed by atoms with van der Waals surface area (Å²) in [7, 11) is 2.14. The fourth-order valence-corrected chi connectivity index (χ4v) is 3.10. The number of fused-ring (bicyclic) bond motifs is 1. The lowest BCUT2D eigenvalue weighted by Gasteiger charge is -2.37. The molecule has 3 nitrogen and oxygen atoms in total. The standard InChI is InChI=1S/C17H19N3S/c1-12-11-13(7-8-14(12)17(18)21)20-10-9-19(2)15-5-3-4-6-16(15)20/h3-8,11H,9-10H2,1-2H3,(H2,18,21). The van der Waals surface area contributed by atoms with Crippen molar-refractivity contribution in [3.05, 3.63) is 53.6 Å². The van der Waals surface area contributed by atoms with E-state index in [1.165, 1.54) is 17.1 Å². The molecule has 1 aliphatic rings. The van der Waals surface area contributed by atoms with Crippen molar-refractivity contribution in [2.75, 3.05) is 29.9 Å². The molecule has 4 heteroatoms. The molecule has 0 saturated heterocycles. The zero-order valence-corrected chi connectivity index (χ0v) is 13.2. The highest BCUT2D eigenvalue weighted by Crippen LogP contribution is 2.37. The first-order valence-corrected chi connectivity index (χ1v) is 7.47. The molecule has 0 aromatic heterocycles. The second-order valence-electron chi connectivity index (χ2n) is 5.43. The van der Waals surface area contributed by atoms with Crippen molar-refractivity contribution < 1.29 is 0 Å². The molecule has 21 heavy (non-hydrogen) atoms. The van der Waals surface area contributed by atoms with Gasteiger partial charge in [-0.15, -0.1) is 0 Å². The van der Waals surface area contributed by atoms with E-state index in [9.17, 15) is 0 Å². The average Bonchev–Trinajstić information content (AvgIpc) is 2.47. The Balaban J connectivity index is 2.04. The maximum absolute atomic E-state index is 5.75. The van der Waals surface area contributed by atoms with E-state index in [1.54, 1.807) is 0 Å². The van der Waals surface area contributed by atoms with Gasteiger partial charge in [-0.25, -0.2) is 0 Å². The van der Waals surface area contributed by atoms with Gasteiger partial charge in [-0.2, -0.15) is 0 Å². The predicted molar refractivity (Wildman–Crippen MR) is 93.8 cm³/mol. The number of aryl methyl sites for hydroxylation is 1. The first-order valence-electron chi connectivity index (χ1n) is 7.06. The van der Waals surface area contributed by atoms with E-state index in [-0.39, 0.29) is 0 Å². The maximum Gasteiger partial charge on any atom is 0.104 e. The molecular weight excluding hydrogens is 278 g/mol. The van der Waals surface area contributed by atoms with E-state index in [4.69, 9.17) is 18.0 Å². The molecule has 0 atom stereocenters. The normalized spacial score (nSPS) is 14.0. The molecule has 0 fully saturated rings. The number of benzene rings is 2. The lowest BCUT2D eigenvalue weighted by Crippen LogP contribution is -2.36. The minimum absolute atomic E-state index is 0.456. The number of hydrogen-bond donors (Lipinski definition) is 1. The smallest absolute Gasteiger partial charge is 0.104 e. The van der Waals surface area contributed by atoms with Crippen LogP contribution in [-0.2, 0) is 0 Å². The number of rotatable bonds is 2. The summed E-state index contributed by atoms with van der Waals surface area (Å²) in [5.41, 5.74) is 11.5. The molecule has 2 N–H and O–H groups in total. The van der Waals surface area contributed by atoms with Crippen molar-refractivity contribution in [3.63, 3.8) is 0 Å². The van der Waals surface area contributed by atoms with Crippen LogP contribution in [0.15, 0.2) is 42.5 Å². The Morgan fingerprint density at radius 1 is 1.10 bits per heavy atom. The Hall–Kier alpha value is -2.07. The molecule has 3 rings (SSSR count). The molecule has 0 bridgehead atoms. The number of nitrogens with two attached hydrogens (primary N) is 1. The zero-order chi connectivity index (χ0) is 15.0. The number of thiocarbonyl (C=S) groups is 1. The lowest BCUT2D eigenvalue weighted by molar-refractivity contribution is 0.822. The average molecular weight is 297 g/mol. The number of nitrogens with zero attached hydrogens (tertiary/aromatic N) is 2. The van der Waals surface area contributed by atoms with Gasteiger partial charge in [0.15, 0.2) is 0 Å². The van der Waals surface area contributed by atoms with Gasteiger partial charge in [0.2, 0.25) is 0 Å². The molecule has 0 aliphatic carbocycles. The van der Waals surface area contributed by atoms with Crippen LogP contribution in [0.25, 0.3) is 0 Å². The van der Waals surface area contributed by atoms with E-state index >= 15 is 0 Å². The monoisotopic (exact) mass is 297 g/mol.